The van der Waals surface area contributed by atoms with E-state index in [9.17, 15) is 14.4 Å². The molecule has 0 aliphatic heterocycles. The van der Waals surface area contributed by atoms with Gasteiger partial charge in [0.2, 0.25) is 0 Å². The molecule has 2 aromatic carbocycles. The first-order chi connectivity index (χ1) is 11.5. The van der Waals surface area contributed by atoms with Crippen molar-refractivity contribution < 1.29 is 19.1 Å². The standard InChI is InChI=1S/C17H15BrN2O4/c18-12-7-5-11(6-8-12)9-16(22)24-10-15(21)20-14-4-2-1-3-13(14)17(19)23/h1-8H,9-10H2,(H2,19,23)(H,20,21). The third-order valence-electron chi connectivity index (χ3n) is 3.09. The van der Waals surface area contributed by atoms with Crippen LogP contribution in [-0.4, -0.2) is 24.4 Å². The molecular weight excluding hydrogens is 376 g/mol. The molecular formula is C17H15BrN2O4. The molecule has 0 aliphatic carbocycles. The minimum atomic E-state index is -0.655. The van der Waals surface area contributed by atoms with Crippen molar-refractivity contribution in [1.82, 2.24) is 0 Å². The topological polar surface area (TPSA) is 98.5 Å². The molecule has 7 heteroatoms. The van der Waals surface area contributed by atoms with Gasteiger partial charge in [-0.1, -0.05) is 40.2 Å². The van der Waals surface area contributed by atoms with Crippen molar-refractivity contribution in [2.24, 2.45) is 5.73 Å². The average Bonchev–Trinajstić information content (AvgIpc) is 2.55. The van der Waals surface area contributed by atoms with Gasteiger partial charge in [-0.25, -0.2) is 0 Å². The fourth-order valence-electron chi connectivity index (χ4n) is 1.96. The first kappa shape index (κ1) is 17.7. The molecule has 2 aromatic rings. The van der Waals surface area contributed by atoms with Gasteiger partial charge in [0.05, 0.1) is 17.7 Å². The largest absolute Gasteiger partial charge is 0.455 e. The predicted octanol–water partition coefficient (Wildman–Crippen LogP) is 2.27. The Kier molecular flexibility index (Phi) is 6.08. The Labute approximate surface area is 147 Å². The summed E-state index contributed by atoms with van der Waals surface area (Å²) in [7, 11) is 0. The maximum absolute atomic E-state index is 11.8. The molecule has 0 aromatic heterocycles. The van der Waals surface area contributed by atoms with Crippen LogP contribution < -0.4 is 11.1 Å². The van der Waals surface area contributed by atoms with Crippen LogP contribution in [0.15, 0.2) is 53.0 Å². The van der Waals surface area contributed by atoms with Gasteiger partial charge in [0, 0.05) is 4.47 Å². The van der Waals surface area contributed by atoms with Crippen molar-refractivity contribution in [2.45, 2.75) is 6.42 Å². The number of carbonyl (C=O) groups is 3. The van der Waals surface area contributed by atoms with Crippen molar-refractivity contribution in [1.29, 1.82) is 0 Å². The summed E-state index contributed by atoms with van der Waals surface area (Å²) in [5.41, 5.74) is 6.47. The van der Waals surface area contributed by atoms with Gasteiger partial charge in [-0.15, -0.1) is 0 Å². The maximum atomic E-state index is 11.8. The Balaban J connectivity index is 1.86. The molecule has 6 nitrogen and oxygen atoms in total. The molecule has 0 spiro atoms. The van der Waals surface area contributed by atoms with Crippen molar-refractivity contribution in [2.75, 3.05) is 11.9 Å². The summed E-state index contributed by atoms with van der Waals surface area (Å²) in [5.74, 6) is -1.72. The normalized spacial score (nSPS) is 10.0. The molecule has 0 bridgehead atoms. The highest BCUT2D eigenvalue weighted by molar-refractivity contribution is 9.10. The molecule has 3 N–H and O–H groups in total. The van der Waals surface area contributed by atoms with Crippen LogP contribution in [-0.2, 0) is 20.7 Å². The zero-order valence-electron chi connectivity index (χ0n) is 12.6. The summed E-state index contributed by atoms with van der Waals surface area (Å²) in [6.07, 6.45) is 0.0679. The molecule has 0 saturated carbocycles. The van der Waals surface area contributed by atoms with Crippen LogP contribution in [0.5, 0.6) is 0 Å². The van der Waals surface area contributed by atoms with Crippen LogP contribution in [0.1, 0.15) is 15.9 Å². The number of amides is 2. The zero-order chi connectivity index (χ0) is 17.5. The number of carbonyl (C=O) groups excluding carboxylic acids is 3. The number of rotatable bonds is 6. The summed E-state index contributed by atoms with van der Waals surface area (Å²) in [6.45, 7) is -0.442. The summed E-state index contributed by atoms with van der Waals surface area (Å²) in [6, 6.07) is 13.5. The highest BCUT2D eigenvalue weighted by atomic mass is 79.9. The minimum absolute atomic E-state index is 0.0679. The van der Waals surface area contributed by atoms with E-state index >= 15 is 0 Å². The van der Waals surface area contributed by atoms with Crippen LogP contribution in [0, 0.1) is 0 Å². The van der Waals surface area contributed by atoms with Gasteiger partial charge in [0.25, 0.3) is 11.8 Å². The number of para-hydroxylation sites is 1. The smallest absolute Gasteiger partial charge is 0.310 e. The number of anilines is 1. The summed E-state index contributed by atoms with van der Waals surface area (Å²) in [4.78, 5) is 34.9. The lowest BCUT2D eigenvalue weighted by Crippen LogP contribution is -2.23. The Morgan fingerprint density at radius 1 is 1.04 bits per heavy atom. The number of hydrogen-bond acceptors (Lipinski definition) is 4. The van der Waals surface area contributed by atoms with E-state index < -0.39 is 24.4 Å². The number of ether oxygens (including phenoxy) is 1. The lowest BCUT2D eigenvalue weighted by Gasteiger charge is -2.09. The third-order valence-corrected chi connectivity index (χ3v) is 3.62. The van der Waals surface area contributed by atoms with E-state index in [4.69, 9.17) is 10.5 Å². The van der Waals surface area contributed by atoms with E-state index in [1.807, 2.05) is 12.1 Å². The Hall–Kier alpha value is -2.67. The average molecular weight is 391 g/mol. The number of benzene rings is 2. The Morgan fingerprint density at radius 3 is 2.38 bits per heavy atom. The molecule has 0 radical (unpaired) electrons. The molecule has 0 aliphatic rings. The summed E-state index contributed by atoms with van der Waals surface area (Å²) in [5, 5.41) is 2.50. The lowest BCUT2D eigenvalue weighted by molar-refractivity contribution is -0.146. The monoisotopic (exact) mass is 390 g/mol. The van der Waals surface area contributed by atoms with Gasteiger partial charge in [-0.3, -0.25) is 14.4 Å². The fourth-order valence-corrected chi connectivity index (χ4v) is 2.22. The van der Waals surface area contributed by atoms with Crippen LogP contribution >= 0.6 is 15.9 Å². The predicted molar refractivity (Wildman–Crippen MR) is 92.4 cm³/mol. The number of primary amides is 1. The Bertz CT molecular complexity index is 759. The highest BCUT2D eigenvalue weighted by Crippen LogP contribution is 2.14. The van der Waals surface area contributed by atoms with E-state index in [-0.39, 0.29) is 17.7 Å². The van der Waals surface area contributed by atoms with Gasteiger partial charge in [0.1, 0.15) is 0 Å². The zero-order valence-corrected chi connectivity index (χ0v) is 14.2. The van der Waals surface area contributed by atoms with E-state index in [0.717, 1.165) is 10.0 Å². The van der Waals surface area contributed by atoms with Gasteiger partial charge < -0.3 is 15.8 Å². The minimum Gasteiger partial charge on any atom is -0.455 e. The molecule has 2 rings (SSSR count). The quantitative estimate of drug-likeness (QED) is 0.738. The summed E-state index contributed by atoms with van der Waals surface area (Å²) < 4.78 is 5.84. The number of halogens is 1. The number of nitrogens with one attached hydrogen (secondary N) is 1. The van der Waals surface area contributed by atoms with Gasteiger partial charge in [0.15, 0.2) is 6.61 Å². The number of nitrogens with two attached hydrogens (primary N) is 1. The second kappa shape index (κ2) is 8.26. The molecule has 0 heterocycles. The van der Waals surface area contributed by atoms with Crippen molar-refractivity contribution in [3.8, 4) is 0 Å². The summed E-state index contributed by atoms with van der Waals surface area (Å²) >= 11 is 3.31. The maximum Gasteiger partial charge on any atom is 0.310 e. The fraction of sp³-hybridized carbons (Fsp3) is 0.118. The SMILES string of the molecule is NC(=O)c1ccccc1NC(=O)COC(=O)Cc1ccc(Br)cc1. The van der Waals surface area contributed by atoms with Crippen molar-refractivity contribution in [3.63, 3.8) is 0 Å². The molecule has 0 unspecified atom stereocenters. The Morgan fingerprint density at radius 2 is 1.71 bits per heavy atom. The molecule has 0 atom stereocenters. The molecule has 2 amide bonds. The van der Waals surface area contributed by atoms with E-state index in [1.165, 1.54) is 6.07 Å². The van der Waals surface area contributed by atoms with Crippen LogP contribution in [0.2, 0.25) is 0 Å². The second-order valence-electron chi connectivity index (χ2n) is 4.92. The second-order valence-corrected chi connectivity index (χ2v) is 5.84. The van der Waals surface area contributed by atoms with Gasteiger partial charge >= 0.3 is 5.97 Å². The van der Waals surface area contributed by atoms with Crippen LogP contribution in [0.3, 0.4) is 0 Å². The van der Waals surface area contributed by atoms with Crippen LogP contribution in [0.25, 0.3) is 0 Å². The first-order valence-corrected chi connectivity index (χ1v) is 7.84. The molecule has 124 valence electrons. The molecule has 0 fully saturated rings. The van der Waals surface area contributed by atoms with Crippen molar-refractivity contribution in [3.05, 3.63) is 64.1 Å². The third kappa shape index (κ3) is 5.20. The molecule has 0 saturated heterocycles. The van der Waals surface area contributed by atoms with Crippen molar-refractivity contribution >= 4 is 39.4 Å². The lowest BCUT2D eigenvalue weighted by atomic mass is 10.1. The van der Waals surface area contributed by atoms with Gasteiger partial charge in [-0.05, 0) is 29.8 Å². The van der Waals surface area contributed by atoms with E-state index in [2.05, 4.69) is 21.2 Å². The van der Waals surface area contributed by atoms with Crippen LogP contribution in [0.4, 0.5) is 5.69 Å². The number of hydrogen-bond donors (Lipinski definition) is 2. The van der Waals surface area contributed by atoms with E-state index in [1.54, 1.807) is 30.3 Å². The molecule has 24 heavy (non-hydrogen) atoms. The van der Waals surface area contributed by atoms with Gasteiger partial charge in [-0.2, -0.15) is 0 Å². The highest BCUT2D eigenvalue weighted by Gasteiger charge is 2.12. The first-order valence-electron chi connectivity index (χ1n) is 7.04. The number of esters is 1. The van der Waals surface area contributed by atoms with E-state index in [0.29, 0.717) is 0 Å².